The summed E-state index contributed by atoms with van der Waals surface area (Å²) in [5, 5.41) is 0. The van der Waals surface area contributed by atoms with Crippen molar-refractivity contribution in [2.24, 2.45) is 0 Å². The average Bonchev–Trinajstić information content (AvgIpc) is 2.00. The van der Waals surface area contributed by atoms with Crippen molar-refractivity contribution in [2.75, 3.05) is 0 Å². The Kier molecular flexibility index (Phi) is 7.17. The lowest BCUT2D eigenvalue weighted by atomic mass is 10.1. The van der Waals surface area contributed by atoms with Crippen molar-refractivity contribution >= 4 is 15.9 Å². The molecule has 0 amide bonds. The minimum atomic E-state index is 1.15. The van der Waals surface area contributed by atoms with Crippen molar-refractivity contribution in [3.8, 4) is 0 Å². The summed E-state index contributed by atoms with van der Waals surface area (Å²) in [5.74, 6) is 0. The quantitative estimate of drug-likeness (QED) is 0.488. The number of hydrogen-bond donors (Lipinski definition) is 0. The molecule has 0 unspecified atom stereocenters. The SMILES string of the molecule is CC(C)=CCC/C(C)=C/C=C\Br. The van der Waals surface area contributed by atoms with Gasteiger partial charge < -0.3 is 0 Å². The first-order valence-corrected chi connectivity index (χ1v) is 5.14. The van der Waals surface area contributed by atoms with Gasteiger partial charge in [0.2, 0.25) is 0 Å². The summed E-state index contributed by atoms with van der Waals surface area (Å²) in [6.07, 6.45) is 8.73. The van der Waals surface area contributed by atoms with E-state index in [1.54, 1.807) is 0 Å². The van der Waals surface area contributed by atoms with E-state index in [0.29, 0.717) is 0 Å². The van der Waals surface area contributed by atoms with Crippen LogP contribution >= 0.6 is 15.9 Å². The van der Waals surface area contributed by atoms with Crippen LogP contribution < -0.4 is 0 Å². The zero-order chi connectivity index (χ0) is 9.40. The molecule has 0 aromatic rings. The molecule has 0 aromatic carbocycles. The Balaban J connectivity index is 3.71. The maximum atomic E-state index is 3.23. The molecule has 0 spiro atoms. The zero-order valence-corrected chi connectivity index (χ0v) is 9.69. The van der Waals surface area contributed by atoms with Gasteiger partial charge in [0.15, 0.2) is 0 Å². The summed E-state index contributed by atoms with van der Waals surface area (Å²) in [4.78, 5) is 1.87. The van der Waals surface area contributed by atoms with Crippen LogP contribution in [0, 0.1) is 0 Å². The topological polar surface area (TPSA) is 0 Å². The predicted octanol–water partition coefficient (Wildman–Crippen LogP) is 4.59. The Morgan fingerprint density at radius 3 is 2.42 bits per heavy atom. The lowest BCUT2D eigenvalue weighted by molar-refractivity contribution is 0.967. The van der Waals surface area contributed by atoms with Crippen molar-refractivity contribution < 1.29 is 0 Å². The third kappa shape index (κ3) is 7.80. The van der Waals surface area contributed by atoms with Crippen LogP contribution in [0.2, 0.25) is 0 Å². The van der Waals surface area contributed by atoms with Crippen molar-refractivity contribution in [3.05, 3.63) is 34.4 Å². The first-order chi connectivity index (χ1) is 5.66. The Morgan fingerprint density at radius 2 is 1.92 bits per heavy atom. The van der Waals surface area contributed by atoms with E-state index in [4.69, 9.17) is 0 Å². The third-order valence-electron chi connectivity index (χ3n) is 1.54. The summed E-state index contributed by atoms with van der Waals surface area (Å²) in [6.45, 7) is 6.43. The second kappa shape index (κ2) is 7.35. The van der Waals surface area contributed by atoms with Gasteiger partial charge in [-0.3, -0.25) is 0 Å². The molecule has 0 saturated heterocycles. The molecule has 0 radical (unpaired) electrons. The smallest absolute Gasteiger partial charge is 0.0189 e. The molecule has 0 aromatic heterocycles. The van der Waals surface area contributed by atoms with Crippen LogP contribution in [0.25, 0.3) is 0 Å². The van der Waals surface area contributed by atoms with Gasteiger partial charge in [-0.2, -0.15) is 0 Å². The summed E-state index contributed by atoms with van der Waals surface area (Å²) in [7, 11) is 0. The molecule has 0 bridgehead atoms. The van der Waals surface area contributed by atoms with E-state index in [9.17, 15) is 0 Å². The fourth-order valence-corrected chi connectivity index (χ4v) is 1.03. The van der Waals surface area contributed by atoms with Gasteiger partial charge in [0.1, 0.15) is 0 Å². The molecule has 0 heterocycles. The van der Waals surface area contributed by atoms with E-state index in [2.05, 4.69) is 48.9 Å². The largest absolute Gasteiger partial charge is 0.0856 e. The van der Waals surface area contributed by atoms with Crippen LogP contribution in [-0.2, 0) is 0 Å². The monoisotopic (exact) mass is 228 g/mol. The maximum absolute atomic E-state index is 3.23. The van der Waals surface area contributed by atoms with Crippen molar-refractivity contribution in [3.63, 3.8) is 0 Å². The number of hydrogen-bond acceptors (Lipinski definition) is 0. The Labute approximate surface area is 84.2 Å². The number of halogens is 1. The lowest BCUT2D eigenvalue weighted by Crippen LogP contribution is -1.75. The van der Waals surface area contributed by atoms with Gasteiger partial charge in [-0.25, -0.2) is 0 Å². The minimum Gasteiger partial charge on any atom is -0.0856 e. The van der Waals surface area contributed by atoms with Crippen LogP contribution in [0.5, 0.6) is 0 Å². The van der Waals surface area contributed by atoms with Crippen LogP contribution in [0.4, 0.5) is 0 Å². The second-order valence-electron chi connectivity index (χ2n) is 3.15. The average molecular weight is 229 g/mol. The van der Waals surface area contributed by atoms with Gasteiger partial charge in [-0.15, -0.1) is 0 Å². The van der Waals surface area contributed by atoms with E-state index in [1.165, 1.54) is 11.1 Å². The molecule has 0 aliphatic carbocycles. The van der Waals surface area contributed by atoms with Crippen LogP contribution in [0.15, 0.2) is 34.4 Å². The van der Waals surface area contributed by atoms with Crippen molar-refractivity contribution in [2.45, 2.75) is 33.6 Å². The highest BCUT2D eigenvalue weighted by molar-refractivity contribution is 9.11. The third-order valence-corrected chi connectivity index (χ3v) is 1.85. The van der Waals surface area contributed by atoms with E-state index in [0.717, 1.165) is 12.8 Å². The van der Waals surface area contributed by atoms with Crippen LogP contribution in [-0.4, -0.2) is 0 Å². The summed E-state index contributed by atoms with van der Waals surface area (Å²) < 4.78 is 0. The predicted molar refractivity (Wildman–Crippen MR) is 60.5 cm³/mol. The Morgan fingerprint density at radius 1 is 1.25 bits per heavy atom. The molecule has 1 heteroatoms. The molecule has 0 atom stereocenters. The molecular weight excluding hydrogens is 212 g/mol. The highest BCUT2D eigenvalue weighted by atomic mass is 79.9. The first-order valence-electron chi connectivity index (χ1n) is 4.22. The van der Waals surface area contributed by atoms with Crippen molar-refractivity contribution in [1.82, 2.24) is 0 Å². The number of rotatable bonds is 4. The molecule has 0 fully saturated rings. The van der Waals surface area contributed by atoms with E-state index in [-0.39, 0.29) is 0 Å². The van der Waals surface area contributed by atoms with Crippen LogP contribution in [0.3, 0.4) is 0 Å². The number of allylic oxidation sites excluding steroid dienone is 5. The normalized spacial score (nSPS) is 12.2. The molecule has 0 rings (SSSR count). The molecule has 0 saturated carbocycles. The zero-order valence-electron chi connectivity index (χ0n) is 8.10. The van der Waals surface area contributed by atoms with Gasteiger partial charge >= 0.3 is 0 Å². The Bertz CT molecular complexity index is 193. The van der Waals surface area contributed by atoms with Gasteiger partial charge in [0, 0.05) is 0 Å². The molecule has 68 valence electrons. The molecule has 12 heavy (non-hydrogen) atoms. The molecule has 0 aliphatic heterocycles. The highest BCUT2D eigenvalue weighted by Gasteiger charge is 1.85. The fraction of sp³-hybridized carbons (Fsp3) is 0.455. The lowest BCUT2D eigenvalue weighted by Gasteiger charge is -1.95. The van der Waals surface area contributed by atoms with Crippen molar-refractivity contribution in [1.29, 1.82) is 0 Å². The minimum absolute atomic E-state index is 1.15. The molecular formula is C11H17Br. The van der Waals surface area contributed by atoms with Gasteiger partial charge in [0.25, 0.3) is 0 Å². The standard InChI is InChI=1S/C11H17Br/c1-10(2)6-4-7-11(3)8-5-9-12/h5-6,8-9H,4,7H2,1-3H3/b9-5-,11-8+. The summed E-state index contributed by atoms with van der Waals surface area (Å²) >= 11 is 3.23. The maximum Gasteiger partial charge on any atom is -0.0189 e. The molecule has 0 nitrogen and oxygen atoms in total. The van der Waals surface area contributed by atoms with E-state index < -0.39 is 0 Å². The summed E-state index contributed by atoms with van der Waals surface area (Å²) in [6, 6.07) is 0. The highest BCUT2D eigenvalue weighted by Crippen LogP contribution is 2.06. The van der Waals surface area contributed by atoms with Gasteiger partial charge in [0.05, 0.1) is 0 Å². The van der Waals surface area contributed by atoms with E-state index in [1.807, 2.05) is 11.1 Å². The Hall–Kier alpha value is -0.300. The molecule has 0 aliphatic rings. The fourth-order valence-electron chi connectivity index (χ4n) is 0.872. The van der Waals surface area contributed by atoms with Gasteiger partial charge in [-0.05, 0) is 38.6 Å². The summed E-state index contributed by atoms with van der Waals surface area (Å²) in [5.41, 5.74) is 2.82. The van der Waals surface area contributed by atoms with E-state index >= 15 is 0 Å². The second-order valence-corrected chi connectivity index (χ2v) is 3.68. The first kappa shape index (κ1) is 11.7. The van der Waals surface area contributed by atoms with Crippen LogP contribution in [0.1, 0.15) is 33.6 Å². The molecule has 0 N–H and O–H groups in total. The van der Waals surface area contributed by atoms with Gasteiger partial charge in [-0.1, -0.05) is 45.3 Å².